The lowest BCUT2D eigenvalue weighted by Gasteiger charge is -2.20. The summed E-state index contributed by atoms with van der Waals surface area (Å²) in [6.07, 6.45) is 1.70. The lowest BCUT2D eigenvalue weighted by atomic mass is 10.2. The minimum absolute atomic E-state index is 0.156. The number of rotatable bonds is 7. The van der Waals surface area contributed by atoms with Gasteiger partial charge in [-0.2, -0.15) is 0 Å². The molecule has 1 rings (SSSR count). The van der Waals surface area contributed by atoms with E-state index in [4.69, 9.17) is 4.74 Å². The molecule has 0 heterocycles. The van der Waals surface area contributed by atoms with E-state index < -0.39 is 0 Å². The van der Waals surface area contributed by atoms with E-state index in [0.717, 1.165) is 10.0 Å². The van der Waals surface area contributed by atoms with Crippen molar-refractivity contribution in [2.24, 2.45) is 0 Å². The van der Waals surface area contributed by atoms with E-state index in [9.17, 15) is 9.18 Å². The molecule has 0 spiro atoms. The molecule has 0 N–H and O–H groups in total. The zero-order valence-corrected chi connectivity index (χ0v) is 12.5. The van der Waals surface area contributed by atoms with Gasteiger partial charge in [0.15, 0.2) is 0 Å². The van der Waals surface area contributed by atoms with Crippen LogP contribution in [0.5, 0.6) is 0 Å². The molecule has 0 aliphatic carbocycles. The summed E-state index contributed by atoms with van der Waals surface area (Å²) in [6.45, 7) is 6.90. The zero-order valence-electron chi connectivity index (χ0n) is 10.9. The minimum atomic E-state index is -0.298. The van der Waals surface area contributed by atoms with Crippen LogP contribution in [-0.4, -0.2) is 30.6 Å². The van der Waals surface area contributed by atoms with Crippen molar-refractivity contribution in [2.45, 2.75) is 13.5 Å². The number of ether oxygens (including phenoxy) is 1. The van der Waals surface area contributed by atoms with Gasteiger partial charge in [0, 0.05) is 17.6 Å². The summed E-state index contributed by atoms with van der Waals surface area (Å²) >= 11 is 3.37. The second-order valence-electron chi connectivity index (χ2n) is 4.00. The molecule has 1 aromatic rings. The third kappa shape index (κ3) is 5.53. The van der Waals surface area contributed by atoms with Crippen molar-refractivity contribution in [1.29, 1.82) is 0 Å². The second kappa shape index (κ2) is 8.07. The van der Waals surface area contributed by atoms with Gasteiger partial charge in [-0.15, -0.1) is 6.58 Å². The third-order valence-electron chi connectivity index (χ3n) is 2.45. The van der Waals surface area contributed by atoms with Crippen LogP contribution in [0.1, 0.15) is 12.5 Å². The molecule has 0 aliphatic heterocycles. The lowest BCUT2D eigenvalue weighted by Crippen LogP contribution is -2.31. The molecule has 0 fully saturated rings. The SMILES string of the molecule is C=CCN(CC(=O)OCC)Cc1cc(F)ccc1Br. The Morgan fingerprint density at radius 2 is 2.32 bits per heavy atom. The predicted molar refractivity (Wildman–Crippen MR) is 76.2 cm³/mol. The van der Waals surface area contributed by atoms with Crippen molar-refractivity contribution in [3.8, 4) is 0 Å². The Bertz CT molecular complexity index is 451. The Hall–Kier alpha value is -1.20. The molecule has 3 nitrogen and oxygen atoms in total. The molecule has 0 atom stereocenters. The standard InChI is InChI=1S/C14H17BrFNO2/c1-3-7-17(10-14(18)19-4-2)9-11-8-12(16)5-6-13(11)15/h3,5-6,8H,1,4,7,9-10H2,2H3. The van der Waals surface area contributed by atoms with Gasteiger partial charge in [-0.1, -0.05) is 22.0 Å². The van der Waals surface area contributed by atoms with Crippen molar-refractivity contribution in [3.63, 3.8) is 0 Å². The summed E-state index contributed by atoms with van der Waals surface area (Å²) in [4.78, 5) is 13.3. The first-order valence-corrected chi connectivity index (χ1v) is 6.79. The maximum absolute atomic E-state index is 13.2. The van der Waals surface area contributed by atoms with Gasteiger partial charge in [-0.3, -0.25) is 9.69 Å². The van der Waals surface area contributed by atoms with Crippen molar-refractivity contribution in [2.75, 3.05) is 19.7 Å². The topological polar surface area (TPSA) is 29.5 Å². The van der Waals surface area contributed by atoms with Crippen LogP contribution < -0.4 is 0 Å². The summed E-state index contributed by atoms with van der Waals surface area (Å²) in [5.41, 5.74) is 0.783. The van der Waals surface area contributed by atoms with Gasteiger partial charge in [-0.05, 0) is 30.7 Å². The summed E-state index contributed by atoms with van der Waals surface area (Å²) in [5.74, 6) is -0.593. The van der Waals surface area contributed by atoms with Crippen LogP contribution in [0.15, 0.2) is 35.3 Å². The van der Waals surface area contributed by atoms with E-state index in [1.165, 1.54) is 12.1 Å². The van der Waals surface area contributed by atoms with Crippen LogP contribution in [0, 0.1) is 5.82 Å². The highest BCUT2D eigenvalue weighted by Gasteiger charge is 2.12. The van der Waals surface area contributed by atoms with Crippen molar-refractivity contribution in [3.05, 3.63) is 46.7 Å². The Morgan fingerprint density at radius 1 is 1.58 bits per heavy atom. The molecule has 0 saturated heterocycles. The molecule has 0 aromatic heterocycles. The van der Waals surface area contributed by atoms with Crippen LogP contribution in [0.3, 0.4) is 0 Å². The monoisotopic (exact) mass is 329 g/mol. The molecule has 0 bridgehead atoms. The Labute approximate surface area is 121 Å². The van der Waals surface area contributed by atoms with Gasteiger partial charge in [-0.25, -0.2) is 4.39 Å². The number of carbonyl (C=O) groups excluding carboxylic acids is 1. The fraction of sp³-hybridized carbons (Fsp3) is 0.357. The van der Waals surface area contributed by atoms with E-state index in [1.54, 1.807) is 19.1 Å². The Kier molecular flexibility index (Phi) is 6.73. The first kappa shape index (κ1) is 15.9. The van der Waals surface area contributed by atoms with Gasteiger partial charge in [0.25, 0.3) is 0 Å². The molecular formula is C14H17BrFNO2. The fourth-order valence-electron chi connectivity index (χ4n) is 1.66. The number of benzene rings is 1. The van der Waals surface area contributed by atoms with E-state index in [0.29, 0.717) is 19.7 Å². The van der Waals surface area contributed by atoms with Crippen molar-refractivity contribution in [1.82, 2.24) is 4.90 Å². The van der Waals surface area contributed by atoms with Gasteiger partial charge >= 0.3 is 5.97 Å². The maximum atomic E-state index is 13.2. The molecule has 19 heavy (non-hydrogen) atoms. The normalized spacial score (nSPS) is 10.5. The summed E-state index contributed by atoms with van der Waals surface area (Å²) in [6, 6.07) is 4.49. The number of esters is 1. The molecular weight excluding hydrogens is 313 g/mol. The van der Waals surface area contributed by atoms with Gasteiger partial charge in [0.05, 0.1) is 13.2 Å². The van der Waals surface area contributed by atoms with Crippen LogP contribution >= 0.6 is 15.9 Å². The van der Waals surface area contributed by atoms with Crippen LogP contribution in [0.4, 0.5) is 4.39 Å². The van der Waals surface area contributed by atoms with Gasteiger partial charge in [0.2, 0.25) is 0 Å². The largest absolute Gasteiger partial charge is 0.465 e. The van der Waals surface area contributed by atoms with E-state index in [-0.39, 0.29) is 18.3 Å². The number of carbonyl (C=O) groups is 1. The van der Waals surface area contributed by atoms with Crippen LogP contribution in [0.2, 0.25) is 0 Å². The average Bonchev–Trinajstić information content (AvgIpc) is 2.34. The van der Waals surface area contributed by atoms with Gasteiger partial charge < -0.3 is 4.74 Å². The summed E-state index contributed by atoms with van der Waals surface area (Å²) in [5, 5.41) is 0. The molecule has 104 valence electrons. The smallest absolute Gasteiger partial charge is 0.320 e. The summed E-state index contributed by atoms with van der Waals surface area (Å²) < 4.78 is 18.9. The summed E-state index contributed by atoms with van der Waals surface area (Å²) in [7, 11) is 0. The van der Waals surface area contributed by atoms with E-state index in [2.05, 4.69) is 22.5 Å². The molecule has 0 saturated carbocycles. The predicted octanol–water partition coefficient (Wildman–Crippen LogP) is 3.14. The molecule has 1 aromatic carbocycles. The van der Waals surface area contributed by atoms with Gasteiger partial charge in [0.1, 0.15) is 5.82 Å². The third-order valence-corrected chi connectivity index (χ3v) is 3.22. The number of halogens is 2. The molecule has 0 amide bonds. The fourth-order valence-corrected chi connectivity index (χ4v) is 2.03. The lowest BCUT2D eigenvalue weighted by molar-refractivity contribution is -0.144. The molecule has 5 heteroatoms. The highest BCUT2D eigenvalue weighted by atomic mass is 79.9. The zero-order chi connectivity index (χ0) is 14.3. The van der Waals surface area contributed by atoms with E-state index >= 15 is 0 Å². The highest BCUT2D eigenvalue weighted by Crippen LogP contribution is 2.19. The number of hydrogen-bond donors (Lipinski definition) is 0. The minimum Gasteiger partial charge on any atom is -0.465 e. The first-order valence-electron chi connectivity index (χ1n) is 5.99. The van der Waals surface area contributed by atoms with E-state index in [1.807, 2.05) is 4.90 Å². The quantitative estimate of drug-likeness (QED) is 0.568. The highest BCUT2D eigenvalue weighted by molar-refractivity contribution is 9.10. The molecule has 0 radical (unpaired) electrons. The first-order chi connectivity index (χ1) is 9.06. The van der Waals surface area contributed by atoms with Crippen molar-refractivity contribution >= 4 is 21.9 Å². The Balaban J connectivity index is 2.74. The average molecular weight is 330 g/mol. The van der Waals surface area contributed by atoms with Crippen molar-refractivity contribution < 1.29 is 13.9 Å². The molecule has 0 aliphatic rings. The maximum Gasteiger partial charge on any atom is 0.320 e. The number of hydrogen-bond acceptors (Lipinski definition) is 3. The van der Waals surface area contributed by atoms with Crippen LogP contribution in [-0.2, 0) is 16.1 Å². The number of nitrogens with zero attached hydrogens (tertiary/aromatic N) is 1. The molecule has 0 unspecified atom stereocenters. The Morgan fingerprint density at radius 3 is 2.95 bits per heavy atom. The second-order valence-corrected chi connectivity index (χ2v) is 4.85. The van der Waals surface area contributed by atoms with Crippen LogP contribution in [0.25, 0.3) is 0 Å².